The van der Waals surface area contributed by atoms with Gasteiger partial charge in [0.25, 0.3) is 0 Å². The SMILES string of the molecule is CCOC(=O)CC[C@H]1O[C@@H](n2cnc3c(N)ncnc32)[C@@H]2OC(C)(C)O[C@@H]21. The second kappa shape index (κ2) is 6.70. The minimum atomic E-state index is -0.746. The van der Waals surface area contributed by atoms with Gasteiger partial charge >= 0.3 is 5.97 Å². The molecule has 2 saturated heterocycles. The molecular formula is C17H23N5O5. The molecule has 2 fully saturated rings. The van der Waals surface area contributed by atoms with Gasteiger partial charge in [0.05, 0.1) is 19.0 Å². The number of imidazole rings is 1. The summed E-state index contributed by atoms with van der Waals surface area (Å²) in [6.07, 6.45) is 2.23. The zero-order valence-electron chi connectivity index (χ0n) is 15.5. The Hall–Kier alpha value is -2.30. The third kappa shape index (κ3) is 3.24. The van der Waals surface area contributed by atoms with Crippen molar-refractivity contribution < 1.29 is 23.7 Å². The Morgan fingerprint density at radius 2 is 2.07 bits per heavy atom. The molecule has 0 saturated carbocycles. The molecule has 10 heteroatoms. The predicted octanol–water partition coefficient (Wildman–Crippen LogP) is 1.17. The van der Waals surface area contributed by atoms with E-state index in [-0.39, 0.29) is 30.7 Å². The quantitative estimate of drug-likeness (QED) is 0.765. The van der Waals surface area contributed by atoms with Crippen molar-refractivity contribution in [2.75, 3.05) is 12.3 Å². The van der Waals surface area contributed by atoms with Gasteiger partial charge in [0, 0.05) is 6.42 Å². The van der Waals surface area contributed by atoms with Crippen molar-refractivity contribution in [3.63, 3.8) is 0 Å². The predicted molar refractivity (Wildman–Crippen MR) is 93.3 cm³/mol. The molecule has 146 valence electrons. The molecular weight excluding hydrogens is 354 g/mol. The van der Waals surface area contributed by atoms with Crippen LogP contribution in [0.4, 0.5) is 5.82 Å². The number of nitrogens with two attached hydrogens (primary N) is 1. The smallest absolute Gasteiger partial charge is 0.305 e. The maximum atomic E-state index is 11.7. The van der Waals surface area contributed by atoms with Crippen LogP contribution in [0, 0.1) is 0 Å². The second-order valence-corrected chi connectivity index (χ2v) is 7.06. The Kier molecular flexibility index (Phi) is 4.49. The van der Waals surface area contributed by atoms with Crippen LogP contribution < -0.4 is 5.73 Å². The molecule has 2 aromatic heterocycles. The monoisotopic (exact) mass is 377 g/mol. The minimum Gasteiger partial charge on any atom is -0.466 e. The standard InChI is InChI=1S/C17H23N5O5/c1-4-24-10(23)6-5-9-12-13(27-17(2,3)26-12)16(25-9)22-8-21-11-14(18)19-7-20-15(11)22/h7-9,12-13,16H,4-6H2,1-3H3,(H2,18,19,20)/t9-,12-,13-,16-/m1/s1. The van der Waals surface area contributed by atoms with Crippen LogP contribution in [0.3, 0.4) is 0 Å². The van der Waals surface area contributed by atoms with E-state index in [4.69, 9.17) is 24.7 Å². The highest BCUT2D eigenvalue weighted by Crippen LogP contribution is 2.44. The number of hydrogen-bond donors (Lipinski definition) is 1. The van der Waals surface area contributed by atoms with Gasteiger partial charge in [-0.2, -0.15) is 0 Å². The third-order valence-corrected chi connectivity index (χ3v) is 4.72. The number of esters is 1. The molecule has 4 rings (SSSR count). The number of rotatable bonds is 5. The fourth-order valence-corrected chi connectivity index (χ4v) is 3.66. The van der Waals surface area contributed by atoms with Crippen molar-refractivity contribution in [1.29, 1.82) is 0 Å². The highest BCUT2D eigenvalue weighted by Gasteiger charge is 2.56. The molecule has 2 aliphatic rings. The molecule has 27 heavy (non-hydrogen) atoms. The molecule has 0 aromatic carbocycles. The number of carbonyl (C=O) groups is 1. The van der Waals surface area contributed by atoms with Gasteiger partial charge in [0.2, 0.25) is 0 Å². The van der Waals surface area contributed by atoms with Gasteiger partial charge in [-0.05, 0) is 27.2 Å². The third-order valence-electron chi connectivity index (χ3n) is 4.72. The lowest BCUT2D eigenvalue weighted by Crippen LogP contribution is -2.30. The maximum absolute atomic E-state index is 11.7. The Morgan fingerprint density at radius 1 is 1.30 bits per heavy atom. The highest BCUT2D eigenvalue weighted by molar-refractivity contribution is 5.81. The number of hydrogen-bond acceptors (Lipinski definition) is 9. The zero-order valence-corrected chi connectivity index (χ0v) is 15.5. The molecule has 0 unspecified atom stereocenters. The van der Waals surface area contributed by atoms with Crippen LogP contribution in [0.2, 0.25) is 0 Å². The Morgan fingerprint density at radius 3 is 2.85 bits per heavy atom. The van der Waals surface area contributed by atoms with E-state index < -0.39 is 12.0 Å². The van der Waals surface area contributed by atoms with E-state index in [0.29, 0.717) is 30.0 Å². The molecule has 0 aliphatic carbocycles. The average molecular weight is 377 g/mol. The van der Waals surface area contributed by atoms with Crippen LogP contribution in [-0.2, 0) is 23.7 Å². The van der Waals surface area contributed by atoms with E-state index in [1.165, 1.54) is 6.33 Å². The molecule has 4 heterocycles. The number of nitrogens with zero attached hydrogens (tertiary/aromatic N) is 4. The summed E-state index contributed by atoms with van der Waals surface area (Å²) in [5.41, 5.74) is 6.95. The molecule has 2 aliphatic heterocycles. The first kappa shape index (κ1) is 18.1. The normalized spacial score (nSPS) is 29.1. The van der Waals surface area contributed by atoms with Gasteiger partial charge in [-0.25, -0.2) is 15.0 Å². The van der Waals surface area contributed by atoms with Crippen LogP contribution in [-0.4, -0.2) is 56.2 Å². The molecule has 10 nitrogen and oxygen atoms in total. The fraction of sp³-hybridized carbons (Fsp3) is 0.647. The Balaban J connectivity index is 1.61. The molecule has 0 spiro atoms. The van der Waals surface area contributed by atoms with Gasteiger partial charge in [-0.3, -0.25) is 9.36 Å². The molecule has 0 bridgehead atoms. The average Bonchev–Trinajstić information content (AvgIpc) is 3.25. The first-order chi connectivity index (χ1) is 12.9. The van der Waals surface area contributed by atoms with Crippen LogP contribution in [0.25, 0.3) is 11.2 Å². The highest BCUT2D eigenvalue weighted by atomic mass is 16.8. The summed E-state index contributed by atoms with van der Waals surface area (Å²) in [4.78, 5) is 24.3. The Bertz CT molecular complexity index is 853. The summed E-state index contributed by atoms with van der Waals surface area (Å²) in [5, 5.41) is 0. The van der Waals surface area contributed by atoms with E-state index >= 15 is 0 Å². The van der Waals surface area contributed by atoms with Crippen LogP contribution in [0.1, 0.15) is 39.8 Å². The number of fused-ring (bicyclic) bond motifs is 2. The number of aromatic nitrogens is 4. The zero-order chi connectivity index (χ0) is 19.2. The van der Waals surface area contributed by atoms with Crippen LogP contribution >= 0.6 is 0 Å². The lowest BCUT2D eigenvalue weighted by Gasteiger charge is -2.24. The molecule has 0 radical (unpaired) electrons. The summed E-state index contributed by atoms with van der Waals surface area (Å²) in [6, 6.07) is 0. The summed E-state index contributed by atoms with van der Waals surface area (Å²) < 4.78 is 25.1. The number of nitrogen functional groups attached to an aromatic ring is 1. The lowest BCUT2D eigenvalue weighted by molar-refractivity contribution is -0.197. The number of ether oxygens (including phenoxy) is 4. The van der Waals surface area contributed by atoms with Crippen LogP contribution in [0.5, 0.6) is 0 Å². The van der Waals surface area contributed by atoms with Gasteiger partial charge in [-0.15, -0.1) is 0 Å². The molecule has 0 amide bonds. The Labute approximate surface area is 156 Å². The maximum Gasteiger partial charge on any atom is 0.305 e. The summed E-state index contributed by atoms with van der Waals surface area (Å²) in [6.45, 7) is 5.85. The molecule has 2 N–H and O–H groups in total. The van der Waals surface area contributed by atoms with Gasteiger partial charge in [-0.1, -0.05) is 0 Å². The van der Waals surface area contributed by atoms with Gasteiger partial charge < -0.3 is 24.7 Å². The van der Waals surface area contributed by atoms with Crippen molar-refractivity contribution in [2.24, 2.45) is 0 Å². The van der Waals surface area contributed by atoms with Crippen LogP contribution in [0.15, 0.2) is 12.7 Å². The van der Waals surface area contributed by atoms with E-state index in [9.17, 15) is 4.79 Å². The summed E-state index contributed by atoms with van der Waals surface area (Å²) in [5.74, 6) is -0.701. The van der Waals surface area contributed by atoms with E-state index in [1.54, 1.807) is 17.8 Å². The summed E-state index contributed by atoms with van der Waals surface area (Å²) >= 11 is 0. The van der Waals surface area contributed by atoms with Crippen molar-refractivity contribution in [2.45, 2.75) is 63.9 Å². The topological polar surface area (TPSA) is 124 Å². The first-order valence-corrected chi connectivity index (χ1v) is 8.99. The van der Waals surface area contributed by atoms with Gasteiger partial charge in [0.15, 0.2) is 23.5 Å². The van der Waals surface area contributed by atoms with Gasteiger partial charge in [0.1, 0.15) is 24.1 Å². The second-order valence-electron chi connectivity index (χ2n) is 7.06. The molecule has 2 aromatic rings. The minimum absolute atomic E-state index is 0.248. The number of anilines is 1. The van der Waals surface area contributed by atoms with Crippen molar-refractivity contribution >= 4 is 23.0 Å². The van der Waals surface area contributed by atoms with E-state index in [1.807, 2.05) is 13.8 Å². The molecule has 4 atom stereocenters. The fourth-order valence-electron chi connectivity index (χ4n) is 3.66. The van der Waals surface area contributed by atoms with Crippen molar-refractivity contribution in [3.8, 4) is 0 Å². The van der Waals surface area contributed by atoms with E-state index in [0.717, 1.165) is 0 Å². The summed E-state index contributed by atoms with van der Waals surface area (Å²) in [7, 11) is 0. The van der Waals surface area contributed by atoms with Crippen molar-refractivity contribution in [3.05, 3.63) is 12.7 Å². The van der Waals surface area contributed by atoms with Crippen molar-refractivity contribution in [1.82, 2.24) is 19.5 Å². The first-order valence-electron chi connectivity index (χ1n) is 8.99. The van der Waals surface area contributed by atoms with E-state index in [2.05, 4.69) is 15.0 Å². The lowest BCUT2D eigenvalue weighted by atomic mass is 10.1. The number of carbonyl (C=O) groups excluding carboxylic acids is 1. The largest absolute Gasteiger partial charge is 0.466 e.